The molecule has 0 saturated heterocycles. The fraction of sp³-hybridized carbons (Fsp3) is 0.125. The standard InChI is InChI=1S/C8H8N4S2/c9-4-6-1-2-10-7(3-6)14-8-12-11-5-13-8/h1-3,5H,4,9H2. The van der Waals surface area contributed by atoms with Crippen LogP contribution in [0.15, 0.2) is 33.2 Å². The van der Waals surface area contributed by atoms with Gasteiger partial charge in [0, 0.05) is 12.7 Å². The molecule has 0 spiro atoms. The molecule has 0 fully saturated rings. The summed E-state index contributed by atoms with van der Waals surface area (Å²) in [5.41, 5.74) is 8.31. The lowest BCUT2D eigenvalue weighted by Gasteiger charge is -1.98. The van der Waals surface area contributed by atoms with Crippen LogP contribution < -0.4 is 5.73 Å². The summed E-state index contributed by atoms with van der Waals surface area (Å²) in [6.45, 7) is 0.534. The van der Waals surface area contributed by atoms with Crippen molar-refractivity contribution >= 4 is 23.1 Å². The van der Waals surface area contributed by atoms with E-state index < -0.39 is 0 Å². The Morgan fingerprint density at radius 3 is 3.14 bits per heavy atom. The van der Waals surface area contributed by atoms with Crippen molar-refractivity contribution in [1.82, 2.24) is 15.2 Å². The number of nitrogens with two attached hydrogens (primary N) is 1. The van der Waals surface area contributed by atoms with E-state index in [1.807, 2.05) is 12.1 Å². The van der Waals surface area contributed by atoms with Crippen LogP contribution in [0, 0.1) is 0 Å². The van der Waals surface area contributed by atoms with E-state index >= 15 is 0 Å². The van der Waals surface area contributed by atoms with Crippen LogP contribution in [0.1, 0.15) is 5.56 Å². The summed E-state index contributed by atoms with van der Waals surface area (Å²) in [5.74, 6) is 0. The van der Waals surface area contributed by atoms with Crippen molar-refractivity contribution in [2.75, 3.05) is 0 Å². The minimum Gasteiger partial charge on any atom is -0.326 e. The quantitative estimate of drug-likeness (QED) is 0.856. The third-order valence-corrected chi connectivity index (χ3v) is 3.28. The van der Waals surface area contributed by atoms with E-state index in [1.165, 1.54) is 23.1 Å². The summed E-state index contributed by atoms with van der Waals surface area (Å²) in [5, 5.41) is 8.59. The highest BCUT2D eigenvalue weighted by Gasteiger charge is 2.02. The zero-order valence-electron chi connectivity index (χ0n) is 7.25. The molecule has 0 saturated carbocycles. The van der Waals surface area contributed by atoms with Gasteiger partial charge in [0.05, 0.1) is 0 Å². The Bertz CT molecular complexity index is 401. The molecule has 14 heavy (non-hydrogen) atoms. The Hall–Kier alpha value is -0.980. The maximum Gasteiger partial charge on any atom is 0.180 e. The highest BCUT2D eigenvalue weighted by atomic mass is 32.2. The maximum atomic E-state index is 5.53. The molecule has 6 heteroatoms. The molecule has 2 aromatic heterocycles. The molecule has 2 heterocycles. The van der Waals surface area contributed by atoms with Gasteiger partial charge >= 0.3 is 0 Å². The minimum absolute atomic E-state index is 0.534. The normalized spacial score (nSPS) is 10.4. The second-order valence-corrected chi connectivity index (χ2v) is 4.61. The van der Waals surface area contributed by atoms with E-state index in [0.717, 1.165) is 14.9 Å². The molecular weight excluding hydrogens is 216 g/mol. The summed E-state index contributed by atoms with van der Waals surface area (Å²) < 4.78 is 0.895. The third kappa shape index (κ3) is 2.28. The molecule has 0 aliphatic carbocycles. The summed E-state index contributed by atoms with van der Waals surface area (Å²) in [6, 6.07) is 3.87. The van der Waals surface area contributed by atoms with Crippen LogP contribution in [0.3, 0.4) is 0 Å². The zero-order chi connectivity index (χ0) is 9.80. The molecule has 2 rings (SSSR count). The van der Waals surface area contributed by atoms with Crippen LogP contribution in [-0.2, 0) is 6.54 Å². The van der Waals surface area contributed by atoms with Gasteiger partial charge in [-0.3, -0.25) is 0 Å². The van der Waals surface area contributed by atoms with Gasteiger partial charge in [0.1, 0.15) is 10.5 Å². The van der Waals surface area contributed by atoms with E-state index in [0.29, 0.717) is 6.54 Å². The molecule has 72 valence electrons. The molecule has 0 radical (unpaired) electrons. The average Bonchev–Trinajstić information content (AvgIpc) is 2.71. The van der Waals surface area contributed by atoms with E-state index in [1.54, 1.807) is 11.7 Å². The topological polar surface area (TPSA) is 64.7 Å². The van der Waals surface area contributed by atoms with Crippen LogP contribution in [-0.4, -0.2) is 15.2 Å². The second kappa shape index (κ2) is 4.50. The highest BCUT2D eigenvalue weighted by molar-refractivity contribution is 8.00. The van der Waals surface area contributed by atoms with Crippen molar-refractivity contribution in [1.29, 1.82) is 0 Å². The maximum absolute atomic E-state index is 5.53. The number of aromatic nitrogens is 3. The molecular formula is C8H8N4S2. The van der Waals surface area contributed by atoms with Gasteiger partial charge < -0.3 is 5.73 Å². The Kier molecular flexibility index (Phi) is 3.07. The second-order valence-electron chi connectivity index (χ2n) is 2.51. The average molecular weight is 224 g/mol. The van der Waals surface area contributed by atoms with Gasteiger partial charge in [0.25, 0.3) is 0 Å². The van der Waals surface area contributed by atoms with Gasteiger partial charge in [-0.2, -0.15) is 0 Å². The summed E-state index contributed by atoms with van der Waals surface area (Å²) >= 11 is 3.00. The van der Waals surface area contributed by atoms with Crippen molar-refractivity contribution in [3.8, 4) is 0 Å². The van der Waals surface area contributed by atoms with Gasteiger partial charge in [-0.25, -0.2) is 4.98 Å². The Labute approximate surface area is 89.6 Å². The van der Waals surface area contributed by atoms with Crippen molar-refractivity contribution < 1.29 is 0 Å². The molecule has 0 aliphatic rings. The van der Waals surface area contributed by atoms with E-state index in [2.05, 4.69) is 15.2 Å². The molecule has 2 N–H and O–H groups in total. The SMILES string of the molecule is NCc1ccnc(Sc2nncs2)c1. The number of hydrogen-bond donors (Lipinski definition) is 1. The van der Waals surface area contributed by atoms with Crippen molar-refractivity contribution in [3.63, 3.8) is 0 Å². The molecule has 0 bridgehead atoms. The molecule has 0 unspecified atom stereocenters. The van der Waals surface area contributed by atoms with Gasteiger partial charge in [-0.15, -0.1) is 10.2 Å². The third-order valence-electron chi connectivity index (χ3n) is 1.57. The molecule has 4 nitrogen and oxygen atoms in total. The summed E-state index contributed by atoms with van der Waals surface area (Å²) in [6.07, 6.45) is 1.76. The predicted molar refractivity (Wildman–Crippen MR) is 56.2 cm³/mol. The van der Waals surface area contributed by atoms with E-state index in [9.17, 15) is 0 Å². The van der Waals surface area contributed by atoms with Crippen LogP contribution >= 0.6 is 23.1 Å². The molecule has 0 aliphatic heterocycles. The number of pyridine rings is 1. The molecule has 2 aromatic rings. The zero-order valence-corrected chi connectivity index (χ0v) is 8.88. The lowest BCUT2D eigenvalue weighted by Crippen LogP contribution is -1.96. The monoisotopic (exact) mass is 224 g/mol. The number of hydrogen-bond acceptors (Lipinski definition) is 6. The Morgan fingerprint density at radius 1 is 1.50 bits per heavy atom. The molecule has 0 atom stereocenters. The van der Waals surface area contributed by atoms with Gasteiger partial charge in [-0.1, -0.05) is 11.3 Å². The van der Waals surface area contributed by atoms with E-state index in [4.69, 9.17) is 5.73 Å². The van der Waals surface area contributed by atoms with Gasteiger partial charge in [-0.05, 0) is 29.5 Å². The first-order valence-corrected chi connectivity index (χ1v) is 5.67. The van der Waals surface area contributed by atoms with Crippen LogP contribution in [0.4, 0.5) is 0 Å². The van der Waals surface area contributed by atoms with Crippen LogP contribution in [0.5, 0.6) is 0 Å². The van der Waals surface area contributed by atoms with Crippen molar-refractivity contribution in [2.45, 2.75) is 15.9 Å². The summed E-state index contributed by atoms with van der Waals surface area (Å²) in [4.78, 5) is 4.21. The first kappa shape index (κ1) is 9.57. The predicted octanol–water partition coefficient (Wildman–Crippen LogP) is 1.54. The summed E-state index contributed by atoms with van der Waals surface area (Å²) in [7, 11) is 0. The fourth-order valence-corrected chi connectivity index (χ4v) is 2.38. The largest absolute Gasteiger partial charge is 0.326 e. The Balaban J connectivity index is 2.17. The smallest absolute Gasteiger partial charge is 0.180 e. The molecule has 0 amide bonds. The fourth-order valence-electron chi connectivity index (χ4n) is 0.930. The van der Waals surface area contributed by atoms with Crippen LogP contribution in [0.25, 0.3) is 0 Å². The highest BCUT2D eigenvalue weighted by Crippen LogP contribution is 2.26. The first-order chi connectivity index (χ1) is 6.88. The first-order valence-electron chi connectivity index (χ1n) is 3.97. The van der Waals surface area contributed by atoms with Crippen LogP contribution in [0.2, 0.25) is 0 Å². The van der Waals surface area contributed by atoms with E-state index in [-0.39, 0.29) is 0 Å². The van der Waals surface area contributed by atoms with Crippen molar-refractivity contribution in [3.05, 3.63) is 29.4 Å². The minimum atomic E-state index is 0.534. The lowest BCUT2D eigenvalue weighted by atomic mass is 10.3. The number of rotatable bonds is 3. The molecule has 0 aromatic carbocycles. The van der Waals surface area contributed by atoms with Gasteiger partial charge in [0.15, 0.2) is 4.34 Å². The number of nitrogens with zero attached hydrogens (tertiary/aromatic N) is 3. The lowest BCUT2D eigenvalue weighted by molar-refractivity contribution is 0.995. The van der Waals surface area contributed by atoms with Crippen molar-refractivity contribution in [2.24, 2.45) is 5.73 Å². The Morgan fingerprint density at radius 2 is 2.43 bits per heavy atom. The van der Waals surface area contributed by atoms with Gasteiger partial charge in [0.2, 0.25) is 0 Å².